The average molecular weight is 390 g/mol. The van der Waals surface area contributed by atoms with Gasteiger partial charge in [-0.15, -0.1) is 0 Å². The first-order valence-electron chi connectivity index (χ1n) is 9.07. The summed E-state index contributed by atoms with van der Waals surface area (Å²) in [6.45, 7) is 0.556. The summed E-state index contributed by atoms with van der Waals surface area (Å²) >= 11 is 0. The number of hydrogen-bond donors (Lipinski definition) is 1. The smallest absolute Gasteiger partial charge is 0.331 e. The van der Waals surface area contributed by atoms with Gasteiger partial charge in [-0.25, -0.2) is 9.78 Å². The third-order valence-corrected chi connectivity index (χ3v) is 4.18. The summed E-state index contributed by atoms with van der Waals surface area (Å²) in [5.74, 6) is 0.120. The molecule has 0 saturated carbocycles. The summed E-state index contributed by atoms with van der Waals surface area (Å²) in [5, 5.41) is 3.67. The first-order valence-corrected chi connectivity index (χ1v) is 9.07. The molecule has 0 radical (unpaired) electrons. The SMILES string of the molecule is O=C(COC(=O)C=Cc1ccc2ccccc2n1)Nc1ccc2c(c1)OCCO2. The fourth-order valence-electron chi connectivity index (χ4n) is 2.83. The van der Waals surface area contributed by atoms with Crippen molar-refractivity contribution in [2.24, 2.45) is 0 Å². The molecule has 146 valence electrons. The maximum Gasteiger partial charge on any atom is 0.331 e. The van der Waals surface area contributed by atoms with Crippen LogP contribution in [-0.2, 0) is 14.3 Å². The van der Waals surface area contributed by atoms with E-state index in [1.165, 1.54) is 6.08 Å². The van der Waals surface area contributed by atoms with Gasteiger partial charge in [0, 0.05) is 23.2 Å². The largest absolute Gasteiger partial charge is 0.486 e. The molecule has 0 aliphatic carbocycles. The van der Waals surface area contributed by atoms with Crippen LogP contribution in [0.4, 0.5) is 5.69 Å². The van der Waals surface area contributed by atoms with Crippen molar-refractivity contribution in [1.82, 2.24) is 4.98 Å². The molecule has 0 atom stereocenters. The highest BCUT2D eigenvalue weighted by molar-refractivity contribution is 5.95. The predicted octanol–water partition coefficient (Wildman–Crippen LogP) is 3.20. The van der Waals surface area contributed by atoms with Gasteiger partial charge in [0.2, 0.25) is 0 Å². The molecule has 0 bridgehead atoms. The van der Waals surface area contributed by atoms with Crippen molar-refractivity contribution in [1.29, 1.82) is 0 Å². The van der Waals surface area contributed by atoms with Gasteiger partial charge in [-0.1, -0.05) is 24.3 Å². The Hall–Kier alpha value is -3.87. The predicted molar refractivity (Wildman–Crippen MR) is 108 cm³/mol. The molecular formula is C22H18N2O5. The Morgan fingerprint density at radius 2 is 1.86 bits per heavy atom. The molecule has 0 saturated heterocycles. The Morgan fingerprint density at radius 3 is 2.76 bits per heavy atom. The molecule has 1 aromatic heterocycles. The van der Waals surface area contributed by atoms with Crippen LogP contribution < -0.4 is 14.8 Å². The number of benzene rings is 2. The second-order valence-corrected chi connectivity index (χ2v) is 6.28. The second-order valence-electron chi connectivity index (χ2n) is 6.28. The van der Waals surface area contributed by atoms with Gasteiger partial charge in [0.25, 0.3) is 5.91 Å². The molecule has 2 aromatic carbocycles. The van der Waals surface area contributed by atoms with Gasteiger partial charge in [0.1, 0.15) is 13.2 Å². The summed E-state index contributed by atoms with van der Waals surface area (Å²) in [6, 6.07) is 16.5. The molecule has 7 heteroatoms. The van der Waals surface area contributed by atoms with Crippen molar-refractivity contribution < 1.29 is 23.8 Å². The normalized spacial score (nSPS) is 12.7. The van der Waals surface area contributed by atoms with E-state index >= 15 is 0 Å². The molecule has 3 aromatic rings. The van der Waals surface area contributed by atoms with Crippen LogP contribution in [0.15, 0.2) is 60.7 Å². The highest BCUT2D eigenvalue weighted by Crippen LogP contribution is 2.32. The minimum Gasteiger partial charge on any atom is -0.486 e. The number of fused-ring (bicyclic) bond motifs is 2. The Bertz CT molecular complexity index is 1090. The van der Waals surface area contributed by atoms with Gasteiger partial charge in [-0.2, -0.15) is 0 Å². The van der Waals surface area contributed by atoms with Crippen LogP contribution in [0.5, 0.6) is 11.5 Å². The third-order valence-electron chi connectivity index (χ3n) is 4.18. The average Bonchev–Trinajstić information content (AvgIpc) is 2.76. The zero-order valence-corrected chi connectivity index (χ0v) is 15.5. The van der Waals surface area contributed by atoms with E-state index in [2.05, 4.69) is 10.3 Å². The van der Waals surface area contributed by atoms with Crippen LogP contribution in [0.1, 0.15) is 5.69 Å². The Morgan fingerprint density at radius 1 is 1.03 bits per heavy atom. The van der Waals surface area contributed by atoms with Gasteiger partial charge < -0.3 is 19.5 Å². The van der Waals surface area contributed by atoms with Crippen molar-refractivity contribution in [2.45, 2.75) is 0 Å². The maximum atomic E-state index is 12.0. The number of ether oxygens (including phenoxy) is 3. The number of carbonyl (C=O) groups excluding carboxylic acids is 2. The van der Waals surface area contributed by atoms with Gasteiger partial charge in [0.05, 0.1) is 11.2 Å². The molecule has 1 aliphatic heterocycles. The molecule has 0 unspecified atom stereocenters. The number of para-hydroxylation sites is 1. The number of anilines is 1. The summed E-state index contributed by atoms with van der Waals surface area (Å²) in [4.78, 5) is 28.3. The topological polar surface area (TPSA) is 86.8 Å². The van der Waals surface area contributed by atoms with E-state index < -0.39 is 18.5 Å². The van der Waals surface area contributed by atoms with E-state index in [9.17, 15) is 9.59 Å². The summed E-state index contributed by atoms with van der Waals surface area (Å²) < 4.78 is 15.9. The summed E-state index contributed by atoms with van der Waals surface area (Å²) in [7, 11) is 0. The lowest BCUT2D eigenvalue weighted by Crippen LogP contribution is -2.20. The van der Waals surface area contributed by atoms with Crippen molar-refractivity contribution in [2.75, 3.05) is 25.1 Å². The van der Waals surface area contributed by atoms with Gasteiger partial charge >= 0.3 is 5.97 Å². The lowest BCUT2D eigenvalue weighted by molar-refractivity contribution is -0.142. The third kappa shape index (κ3) is 4.70. The molecule has 1 N–H and O–H groups in total. The Balaban J connectivity index is 1.29. The van der Waals surface area contributed by atoms with E-state index in [4.69, 9.17) is 14.2 Å². The number of aromatic nitrogens is 1. The maximum absolute atomic E-state index is 12.0. The number of nitrogens with zero attached hydrogens (tertiary/aromatic N) is 1. The quantitative estimate of drug-likeness (QED) is 0.532. The van der Waals surface area contributed by atoms with Crippen LogP contribution in [0.3, 0.4) is 0 Å². The number of esters is 1. The monoisotopic (exact) mass is 390 g/mol. The fourth-order valence-corrected chi connectivity index (χ4v) is 2.83. The first-order chi connectivity index (χ1) is 14.2. The van der Waals surface area contributed by atoms with E-state index in [1.54, 1.807) is 30.3 Å². The van der Waals surface area contributed by atoms with Crippen molar-refractivity contribution in [3.05, 3.63) is 66.4 Å². The lowest BCUT2D eigenvalue weighted by atomic mass is 10.2. The van der Waals surface area contributed by atoms with Crippen molar-refractivity contribution in [3.8, 4) is 11.5 Å². The standard InChI is InChI=1S/C22H18N2O5/c25-21(24-17-7-9-19-20(13-17)28-12-11-27-19)14-29-22(26)10-8-16-6-5-15-3-1-2-4-18(15)23-16/h1-10,13H,11-12,14H2,(H,24,25). The van der Waals surface area contributed by atoms with Crippen LogP contribution in [0.25, 0.3) is 17.0 Å². The molecule has 2 heterocycles. The number of rotatable bonds is 5. The zero-order valence-electron chi connectivity index (χ0n) is 15.5. The summed E-state index contributed by atoms with van der Waals surface area (Å²) in [6.07, 6.45) is 2.79. The van der Waals surface area contributed by atoms with E-state index in [1.807, 2.05) is 30.3 Å². The van der Waals surface area contributed by atoms with Crippen LogP contribution in [0.2, 0.25) is 0 Å². The van der Waals surface area contributed by atoms with Crippen molar-refractivity contribution >= 4 is 34.5 Å². The molecule has 4 rings (SSSR count). The fraction of sp³-hybridized carbons (Fsp3) is 0.136. The summed E-state index contributed by atoms with van der Waals surface area (Å²) in [5.41, 5.74) is 1.99. The minimum atomic E-state index is -0.628. The zero-order chi connectivity index (χ0) is 20.1. The Labute approximate surface area is 166 Å². The number of amides is 1. The number of nitrogens with one attached hydrogen (secondary N) is 1. The van der Waals surface area contributed by atoms with Gasteiger partial charge in [-0.05, 0) is 30.3 Å². The highest BCUT2D eigenvalue weighted by atomic mass is 16.6. The van der Waals surface area contributed by atoms with Gasteiger partial charge in [-0.3, -0.25) is 4.79 Å². The number of hydrogen-bond acceptors (Lipinski definition) is 6. The molecular weight excluding hydrogens is 372 g/mol. The van der Waals surface area contributed by atoms with E-state index in [0.717, 1.165) is 10.9 Å². The van der Waals surface area contributed by atoms with E-state index in [0.29, 0.717) is 36.1 Å². The highest BCUT2D eigenvalue weighted by Gasteiger charge is 2.13. The molecule has 0 spiro atoms. The molecule has 1 amide bonds. The Kier molecular flexibility index (Phi) is 5.38. The molecule has 29 heavy (non-hydrogen) atoms. The second kappa shape index (κ2) is 8.43. The number of pyridine rings is 1. The van der Waals surface area contributed by atoms with Crippen molar-refractivity contribution in [3.63, 3.8) is 0 Å². The number of carbonyl (C=O) groups is 2. The minimum absolute atomic E-state index is 0.400. The van der Waals surface area contributed by atoms with Crippen LogP contribution in [0, 0.1) is 0 Å². The molecule has 7 nitrogen and oxygen atoms in total. The van der Waals surface area contributed by atoms with Crippen LogP contribution in [-0.4, -0.2) is 36.7 Å². The lowest BCUT2D eigenvalue weighted by Gasteiger charge is -2.18. The van der Waals surface area contributed by atoms with Gasteiger partial charge in [0.15, 0.2) is 18.1 Å². The first kappa shape index (κ1) is 18.5. The van der Waals surface area contributed by atoms with E-state index in [-0.39, 0.29) is 0 Å². The molecule has 0 fully saturated rings. The van der Waals surface area contributed by atoms with Crippen LogP contribution >= 0.6 is 0 Å². The molecule has 1 aliphatic rings.